The molecular formula is C20H17ClFN3O3S. The Kier molecular flexibility index (Phi) is 6.90. The van der Waals surface area contributed by atoms with Crippen molar-refractivity contribution in [2.45, 2.75) is 26.4 Å². The maximum absolute atomic E-state index is 13.7. The van der Waals surface area contributed by atoms with Crippen LogP contribution in [0.4, 0.5) is 10.1 Å². The maximum Gasteiger partial charge on any atom is 0.310 e. The lowest BCUT2D eigenvalue weighted by molar-refractivity contribution is -0.144. The number of hydrogen-bond donors (Lipinski definition) is 1. The highest BCUT2D eigenvalue weighted by Crippen LogP contribution is 2.20. The van der Waals surface area contributed by atoms with Gasteiger partial charge in [0.15, 0.2) is 5.01 Å². The van der Waals surface area contributed by atoms with Crippen molar-refractivity contribution in [1.29, 1.82) is 0 Å². The van der Waals surface area contributed by atoms with E-state index in [4.69, 9.17) is 16.3 Å². The summed E-state index contributed by atoms with van der Waals surface area (Å²) < 4.78 is 18.8. The zero-order valence-corrected chi connectivity index (χ0v) is 17.0. The molecule has 0 aliphatic heterocycles. The van der Waals surface area contributed by atoms with E-state index in [1.807, 2.05) is 31.2 Å². The summed E-state index contributed by atoms with van der Waals surface area (Å²) in [6, 6.07) is 11.7. The molecule has 0 saturated carbocycles. The highest BCUT2D eigenvalue weighted by Gasteiger charge is 2.16. The number of anilines is 1. The number of ether oxygens (including phenoxy) is 1. The van der Waals surface area contributed by atoms with Crippen LogP contribution < -0.4 is 5.32 Å². The van der Waals surface area contributed by atoms with Gasteiger partial charge < -0.3 is 10.1 Å². The van der Waals surface area contributed by atoms with Gasteiger partial charge in [0, 0.05) is 16.3 Å². The molecule has 0 atom stereocenters. The van der Waals surface area contributed by atoms with Gasteiger partial charge in [0.2, 0.25) is 5.01 Å². The van der Waals surface area contributed by atoms with Gasteiger partial charge in [-0.3, -0.25) is 9.59 Å². The van der Waals surface area contributed by atoms with Crippen LogP contribution in [0.25, 0.3) is 0 Å². The largest absolute Gasteiger partial charge is 0.458 e. The average molecular weight is 434 g/mol. The van der Waals surface area contributed by atoms with E-state index < -0.39 is 17.7 Å². The molecule has 1 heterocycles. The molecular weight excluding hydrogens is 417 g/mol. The fraction of sp³-hybridized carbons (Fsp3) is 0.200. The minimum Gasteiger partial charge on any atom is -0.458 e. The van der Waals surface area contributed by atoms with Crippen LogP contribution in [-0.4, -0.2) is 22.1 Å². The fourth-order valence-corrected chi connectivity index (χ4v) is 3.33. The van der Waals surface area contributed by atoms with Crippen molar-refractivity contribution in [3.05, 3.63) is 74.4 Å². The van der Waals surface area contributed by atoms with Crippen molar-refractivity contribution in [3.63, 3.8) is 0 Å². The predicted molar refractivity (Wildman–Crippen MR) is 109 cm³/mol. The summed E-state index contributed by atoms with van der Waals surface area (Å²) >= 11 is 6.91. The van der Waals surface area contributed by atoms with Crippen LogP contribution in [-0.2, 0) is 29.0 Å². The lowest BCUT2D eigenvalue weighted by Gasteiger charge is -2.05. The van der Waals surface area contributed by atoms with Gasteiger partial charge in [-0.25, -0.2) is 4.39 Å². The number of halogens is 2. The Hall–Kier alpha value is -2.84. The van der Waals surface area contributed by atoms with E-state index in [2.05, 4.69) is 15.5 Å². The molecule has 1 aromatic heterocycles. The second kappa shape index (κ2) is 9.58. The van der Waals surface area contributed by atoms with Crippen LogP contribution in [0, 0.1) is 5.82 Å². The molecule has 1 amide bonds. The number of benzene rings is 2. The minimum atomic E-state index is -0.658. The first kappa shape index (κ1) is 20.9. The molecule has 0 aliphatic carbocycles. The third-order valence-electron chi connectivity index (χ3n) is 4.02. The first-order valence-electron chi connectivity index (χ1n) is 8.77. The number of aromatic nitrogens is 2. The lowest BCUT2D eigenvalue weighted by atomic mass is 10.1. The molecule has 0 bridgehead atoms. The Balaban J connectivity index is 1.54. The summed E-state index contributed by atoms with van der Waals surface area (Å²) in [6.07, 6.45) is 0.612. The van der Waals surface area contributed by atoms with Gasteiger partial charge in [0.1, 0.15) is 12.4 Å². The molecule has 2 aromatic carbocycles. The number of nitrogens with one attached hydrogen (secondary N) is 1. The zero-order chi connectivity index (χ0) is 20.8. The van der Waals surface area contributed by atoms with E-state index in [0.29, 0.717) is 10.7 Å². The normalized spacial score (nSPS) is 10.6. The first-order chi connectivity index (χ1) is 14.0. The summed E-state index contributed by atoms with van der Waals surface area (Å²) in [6.45, 7) is 1.88. The fourth-order valence-electron chi connectivity index (χ4n) is 2.45. The van der Waals surface area contributed by atoms with Crippen LogP contribution in [0.5, 0.6) is 0 Å². The standard InChI is InChI=1S/C20H17ClFN3O3S/c1-2-12-6-8-13(9-7-12)23-19(27)20-25-24-17(29-20)11-28-18(26)10-14-15(21)4-3-5-16(14)22/h3-9H,2,10-11H2,1H3,(H,23,27). The highest BCUT2D eigenvalue weighted by atomic mass is 35.5. The highest BCUT2D eigenvalue weighted by molar-refractivity contribution is 7.13. The third-order valence-corrected chi connectivity index (χ3v) is 5.27. The number of aryl methyl sites for hydroxylation is 1. The molecule has 0 spiro atoms. The average Bonchev–Trinajstić information content (AvgIpc) is 3.19. The van der Waals surface area contributed by atoms with Crippen molar-refractivity contribution >= 4 is 40.5 Å². The second-order valence-corrected chi connectivity index (χ2v) is 7.51. The molecule has 6 nitrogen and oxygen atoms in total. The summed E-state index contributed by atoms with van der Waals surface area (Å²) in [4.78, 5) is 24.2. The Morgan fingerprint density at radius 3 is 2.62 bits per heavy atom. The molecule has 0 saturated heterocycles. The number of nitrogens with zero attached hydrogens (tertiary/aromatic N) is 2. The van der Waals surface area contributed by atoms with Crippen molar-refractivity contribution < 1.29 is 18.7 Å². The maximum atomic E-state index is 13.7. The second-order valence-electron chi connectivity index (χ2n) is 6.04. The summed E-state index contributed by atoms with van der Waals surface area (Å²) in [5.41, 5.74) is 1.89. The molecule has 3 aromatic rings. The summed E-state index contributed by atoms with van der Waals surface area (Å²) in [7, 11) is 0. The van der Waals surface area contributed by atoms with Gasteiger partial charge in [0.25, 0.3) is 5.91 Å². The number of hydrogen-bond acceptors (Lipinski definition) is 6. The van der Waals surface area contributed by atoms with Gasteiger partial charge in [-0.15, -0.1) is 10.2 Å². The number of rotatable bonds is 7. The quantitative estimate of drug-likeness (QED) is 0.557. The van der Waals surface area contributed by atoms with Gasteiger partial charge in [-0.2, -0.15) is 0 Å². The van der Waals surface area contributed by atoms with E-state index in [0.717, 1.165) is 17.8 Å². The molecule has 9 heteroatoms. The number of carbonyl (C=O) groups is 2. The Morgan fingerprint density at radius 2 is 1.93 bits per heavy atom. The van der Waals surface area contributed by atoms with E-state index in [9.17, 15) is 14.0 Å². The lowest BCUT2D eigenvalue weighted by Crippen LogP contribution is -2.11. The topological polar surface area (TPSA) is 81.2 Å². The van der Waals surface area contributed by atoms with Gasteiger partial charge >= 0.3 is 5.97 Å². The van der Waals surface area contributed by atoms with Crippen molar-refractivity contribution in [1.82, 2.24) is 10.2 Å². The Morgan fingerprint density at radius 1 is 1.17 bits per heavy atom. The zero-order valence-electron chi connectivity index (χ0n) is 15.4. The van der Waals surface area contributed by atoms with Crippen molar-refractivity contribution in [3.8, 4) is 0 Å². The minimum absolute atomic E-state index is 0.0746. The molecule has 3 rings (SSSR count). The van der Waals surface area contributed by atoms with Crippen LogP contribution in [0.2, 0.25) is 5.02 Å². The molecule has 0 radical (unpaired) electrons. The Bertz CT molecular complexity index is 1000. The van der Waals surface area contributed by atoms with Crippen molar-refractivity contribution in [2.24, 2.45) is 0 Å². The molecule has 0 aliphatic rings. The number of esters is 1. The van der Waals surface area contributed by atoms with E-state index >= 15 is 0 Å². The van der Waals surface area contributed by atoms with Crippen molar-refractivity contribution in [2.75, 3.05) is 5.32 Å². The van der Waals surface area contributed by atoms with Crippen LogP contribution in [0.15, 0.2) is 42.5 Å². The summed E-state index contributed by atoms with van der Waals surface area (Å²) in [5.74, 6) is -1.63. The predicted octanol–water partition coefficient (Wildman–Crippen LogP) is 4.43. The third kappa shape index (κ3) is 5.58. The molecule has 150 valence electrons. The smallest absolute Gasteiger partial charge is 0.310 e. The first-order valence-corrected chi connectivity index (χ1v) is 9.97. The van der Waals surface area contributed by atoms with Crippen LogP contribution in [0.1, 0.15) is 32.9 Å². The number of carbonyl (C=O) groups excluding carboxylic acids is 2. The van der Waals surface area contributed by atoms with E-state index in [-0.39, 0.29) is 28.6 Å². The molecule has 0 fully saturated rings. The van der Waals surface area contributed by atoms with Gasteiger partial charge in [-0.1, -0.05) is 48.1 Å². The van der Waals surface area contributed by atoms with Crippen LogP contribution >= 0.6 is 22.9 Å². The molecule has 29 heavy (non-hydrogen) atoms. The van der Waals surface area contributed by atoms with E-state index in [1.165, 1.54) is 23.8 Å². The molecule has 0 unspecified atom stereocenters. The van der Waals surface area contributed by atoms with Gasteiger partial charge in [0.05, 0.1) is 6.42 Å². The number of amides is 1. The molecule has 1 N–H and O–H groups in total. The monoisotopic (exact) mass is 433 g/mol. The van der Waals surface area contributed by atoms with Crippen LogP contribution in [0.3, 0.4) is 0 Å². The SMILES string of the molecule is CCc1ccc(NC(=O)c2nnc(COC(=O)Cc3c(F)cccc3Cl)s2)cc1. The van der Waals surface area contributed by atoms with E-state index in [1.54, 1.807) is 0 Å². The Labute approximate surface area is 175 Å². The summed E-state index contributed by atoms with van der Waals surface area (Å²) in [5, 5.41) is 11.1. The van der Waals surface area contributed by atoms with Gasteiger partial charge in [-0.05, 0) is 36.2 Å².